The third kappa shape index (κ3) is 2.85. The molecule has 0 bridgehead atoms. The van der Waals surface area contributed by atoms with Crippen molar-refractivity contribution in [3.05, 3.63) is 79.9 Å². The molecule has 2 atom stereocenters. The molecule has 2 aromatic rings. The summed E-state index contributed by atoms with van der Waals surface area (Å²) in [5.41, 5.74) is 17.5. The van der Waals surface area contributed by atoms with Crippen molar-refractivity contribution < 1.29 is 0 Å². The van der Waals surface area contributed by atoms with Gasteiger partial charge in [-0.3, -0.25) is 0 Å². The number of hydrogen-bond acceptors (Lipinski definition) is 0. The second-order valence-corrected chi connectivity index (χ2v) is 16.4. The van der Waals surface area contributed by atoms with E-state index >= 15 is 0 Å². The Morgan fingerprint density at radius 2 is 0.935 bits per heavy atom. The van der Waals surface area contributed by atoms with Gasteiger partial charge in [-0.05, 0) is 110 Å². The summed E-state index contributed by atoms with van der Waals surface area (Å²) in [6.07, 6.45) is 10.9. The molecule has 4 aliphatic rings. The molecule has 2 unspecified atom stereocenters. The van der Waals surface area contributed by atoms with E-state index < -0.39 is 8.07 Å². The van der Waals surface area contributed by atoms with E-state index in [0.717, 1.165) is 11.8 Å². The average Bonchev–Trinajstić information content (AvgIpc) is 3.66. The van der Waals surface area contributed by atoms with Crippen LogP contribution in [0.1, 0.15) is 81.3 Å². The molecule has 4 aliphatic carbocycles. The number of hydrogen-bond donors (Lipinski definition) is 0. The van der Waals surface area contributed by atoms with E-state index in [9.17, 15) is 0 Å². The maximum atomic E-state index is 2.74. The fourth-order valence-corrected chi connectivity index (χ4v) is 11.9. The van der Waals surface area contributed by atoms with E-state index in [0.29, 0.717) is 11.1 Å². The van der Waals surface area contributed by atoms with Crippen molar-refractivity contribution in [2.24, 2.45) is 11.8 Å². The molecule has 2 fully saturated rings. The van der Waals surface area contributed by atoms with Crippen LogP contribution < -0.4 is 0 Å². The summed E-state index contributed by atoms with van der Waals surface area (Å²) >= 11 is 0. The molecular formula is C30H36Si. The minimum atomic E-state index is -1.76. The Hall–Kier alpha value is -1.86. The maximum Gasteiger partial charge on any atom is 0.0722 e. The van der Waals surface area contributed by atoms with Gasteiger partial charge in [0.05, 0.1) is 8.07 Å². The van der Waals surface area contributed by atoms with Crippen LogP contribution in [-0.4, -0.2) is 8.07 Å². The van der Waals surface area contributed by atoms with E-state index in [1.54, 1.807) is 33.4 Å². The summed E-state index contributed by atoms with van der Waals surface area (Å²) in [6, 6.07) is 9.48. The molecular weight excluding hydrogens is 388 g/mol. The summed E-state index contributed by atoms with van der Waals surface area (Å²) in [7, 11) is -1.76. The lowest BCUT2D eigenvalue weighted by Gasteiger charge is -2.41. The summed E-state index contributed by atoms with van der Waals surface area (Å²) < 4.78 is 0. The van der Waals surface area contributed by atoms with Crippen molar-refractivity contribution >= 4 is 20.2 Å². The second-order valence-electron chi connectivity index (χ2n) is 11.6. The molecule has 0 radical (unpaired) electrons. The standard InChI is InChI=1S/C30H36Si/c1-17-7-9-19(3)27-23(17)15-25(21-11-12-21)29(27)31(5,6)30-26(22-13-14-22)16-24-18(2)8-10-20(4)28(24)30/h7-10,15-16,21-22,29-30H,11-14H2,1-6H3. The molecule has 0 saturated heterocycles. The fourth-order valence-electron chi connectivity index (χ4n) is 7.00. The van der Waals surface area contributed by atoms with Gasteiger partial charge in [-0.1, -0.05) is 60.7 Å². The van der Waals surface area contributed by atoms with Crippen LogP contribution in [0.5, 0.6) is 0 Å². The monoisotopic (exact) mass is 424 g/mol. The molecule has 0 aliphatic heterocycles. The molecule has 0 N–H and O–H groups in total. The molecule has 160 valence electrons. The topological polar surface area (TPSA) is 0 Å². The van der Waals surface area contributed by atoms with Gasteiger partial charge < -0.3 is 0 Å². The van der Waals surface area contributed by atoms with Crippen LogP contribution in [0.15, 0.2) is 35.4 Å². The summed E-state index contributed by atoms with van der Waals surface area (Å²) in [4.78, 5) is 0. The fraction of sp³-hybridized carbons (Fsp3) is 0.467. The van der Waals surface area contributed by atoms with Crippen LogP contribution in [0.2, 0.25) is 13.1 Å². The Kier molecular flexibility index (Phi) is 4.20. The maximum absolute atomic E-state index is 2.74. The number of allylic oxidation sites excluding steroid dienone is 2. The van der Waals surface area contributed by atoms with Crippen molar-refractivity contribution in [1.29, 1.82) is 0 Å². The van der Waals surface area contributed by atoms with Gasteiger partial charge >= 0.3 is 0 Å². The van der Waals surface area contributed by atoms with Crippen LogP contribution >= 0.6 is 0 Å². The second kappa shape index (κ2) is 6.58. The Bertz CT molecular complexity index is 1080. The van der Waals surface area contributed by atoms with Crippen molar-refractivity contribution in [1.82, 2.24) is 0 Å². The van der Waals surface area contributed by atoms with Crippen molar-refractivity contribution in [3.63, 3.8) is 0 Å². The lowest BCUT2D eigenvalue weighted by atomic mass is 9.98. The van der Waals surface area contributed by atoms with Gasteiger partial charge in [0.1, 0.15) is 0 Å². The normalized spacial score (nSPS) is 24.7. The van der Waals surface area contributed by atoms with E-state index in [-0.39, 0.29) is 0 Å². The number of aryl methyl sites for hydroxylation is 4. The number of rotatable bonds is 4. The molecule has 0 amide bonds. The zero-order valence-electron chi connectivity index (χ0n) is 20.1. The van der Waals surface area contributed by atoms with Gasteiger partial charge in [-0.2, -0.15) is 0 Å². The highest BCUT2D eigenvalue weighted by atomic mass is 28.3. The Balaban J connectivity index is 1.56. The lowest BCUT2D eigenvalue weighted by molar-refractivity contribution is 0.845. The Morgan fingerprint density at radius 1 is 0.581 bits per heavy atom. The minimum Gasteiger partial charge on any atom is -0.0679 e. The Morgan fingerprint density at radius 3 is 1.29 bits per heavy atom. The molecule has 2 aromatic carbocycles. The number of benzene rings is 2. The molecule has 2 saturated carbocycles. The first kappa shape index (κ1) is 19.8. The predicted octanol–water partition coefficient (Wildman–Crippen LogP) is 8.19. The van der Waals surface area contributed by atoms with Gasteiger partial charge in [0.2, 0.25) is 0 Å². The van der Waals surface area contributed by atoms with Crippen LogP contribution in [0, 0.1) is 39.5 Å². The molecule has 6 rings (SSSR count). The third-order valence-electron chi connectivity index (χ3n) is 8.90. The van der Waals surface area contributed by atoms with Crippen LogP contribution in [-0.2, 0) is 0 Å². The highest BCUT2D eigenvalue weighted by Crippen LogP contribution is 2.61. The molecule has 1 heteroatoms. The van der Waals surface area contributed by atoms with Crippen molar-refractivity contribution in [2.45, 2.75) is 77.6 Å². The van der Waals surface area contributed by atoms with Crippen LogP contribution in [0.3, 0.4) is 0 Å². The zero-order chi connectivity index (χ0) is 21.7. The van der Waals surface area contributed by atoms with Gasteiger partial charge in [0.15, 0.2) is 0 Å². The first-order valence-electron chi connectivity index (χ1n) is 12.4. The quantitative estimate of drug-likeness (QED) is 0.434. The Labute approximate surface area is 189 Å². The van der Waals surface area contributed by atoms with E-state index in [1.165, 1.54) is 47.9 Å². The van der Waals surface area contributed by atoms with E-state index in [2.05, 4.69) is 77.2 Å². The minimum absolute atomic E-state index is 0.674. The smallest absolute Gasteiger partial charge is 0.0679 e. The largest absolute Gasteiger partial charge is 0.0722 e. The molecule has 0 nitrogen and oxygen atoms in total. The highest BCUT2D eigenvalue weighted by Gasteiger charge is 2.53. The SMILES string of the molecule is Cc1ccc(C)c2c1C=C(C1CC1)C2[Si](C)(C)C1C(C2CC2)=Cc2c(C)ccc(C)c21. The molecule has 0 spiro atoms. The van der Waals surface area contributed by atoms with Gasteiger partial charge in [0, 0.05) is 11.1 Å². The summed E-state index contributed by atoms with van der Waals surface area (Å²) in [5, 5.41) is 0. The highest BCUT2D eigenvalue weighted by molar-refractivity contribution is 6.82. The molecule has 31 heavy (non-hydrogen) atoms. The summed E-state index contributed by atoms with van der Waals surface area (Å²) in [6.45, 7) is 14.9. The van der Waals surface area contributed by atoms with E-state index in [1.807, 2.05) is 0 Å². The first-order chi connectivity index (χ1) is 14.8. The van der Waals surface area contributed by atoms with Gasteiger partial charge in [0.25, 0.3) is 0 Å². The van der Waals surface area contributed by atoms with Crippen molar-refractivity contribution in [2.75, 3.05) is 0 Å². The van der Waals surface area contributed by atoms with Crippen LogP contribution in [0.4, 0.5) is 0 Å². The molecule has 0 heterocycles. The summed E-state index contributed by atoms with van der Waals surface area (Å²) in [5.74, 6) is 1.69. The lowest BCUT2D eigenvalue weighted by Crippen LogP contribution is -2.44. The predicted molar refractivity (Wildman–Crippen MR) is 136 cm³/mol. The molecule has 0 aromatic heterocycles. The van der Waals surface area contributed by atoms with Crippen LogP contribution in [0.25, 0.3) is 12.2 Å². The first-order valence-corrected chi connectivity index (χ1v) is 15.6. The van der Waals surface area contributed by atoms with Gasteiger partial charge in [-0.25, -0.2) is 0 Å². The average molecular weight is 425 g/mol. The van der Waals surface area contributed by atoms with Crippen molar-refractivity contribution in [3.8, 4) is 0 Å². The zero-order valence-corrected chi connectivity index (χ0v) is 21.1. The third-order valence-corrected chi connectivity index (χ3v) is 13.1. The van der Waals surface area contributed by atoms with E-state index in [4.69, 9.17) is 0 Å². The van der Waals surface area contributed by atoms with Gasteiger partial charge in [-0.15, -0.1) is 0 Å². The number of fused-ring (bicyclic) bond motifs is 2.